The van der Waals surface area contributed by atoms with E-state index in [-0.39, 0.29) is 0 Å². The van der Waals surface area contributed by atoms with Crippen LogP contribution < -0.4 is 0 Å². The van der Waals surface area contributed by atoms with Gasteiger partial charge in [-0.2, -0.15) is 0 Å². The minimum Gasteiger partial charge on any atom is -0.315 e. The van der Waals surface area contributed by atoms with Crippen molar-refractivity contribution in [2.75, 3.05) is 0 Å². The fourth-order valence-electron chi connectivity index (χ4n) is 9.55. The molecule has 2 aliphatic rings. The lowest BCUT2D eigenvalue weighted by Crippen LogP contribution is -2.28. The lowest BCUT2D eigenvalue weighted by molar-refractivity contribution is 0.769. The number of aryl methyl sites for hydroxylation is 1. The molecule has 1 nitrogen and oxygen atoms in total. The molecule has 0 amide bonds. The third-order valence-corrected chi connectivity index (χ3v) is 11.8. The van der Waals surface area contributed by atoms with Gasteiger partial charge >= 0.3 is 0 Å². The van der Waals surface area contributed by atoms with E-state index in [2.05, 4.69) is 206 Å². The lowest BCUT2D eigenvalue weighted by atomic mass is 9.67. The minimum absolute atomic E-state index is 0.428. The SMILES string of the molecule is Cc1cccc2c1/C(=C\n1c3ccccc3c3cc(-c4ccc5c(c4)C(c4ccccc4)(c4ccccc4)c4ccccc4-5)ccc31)c1ccccc1-2. The highest BCUT2D eigenvalue weighted by Gasteiger charge is 2.46. The van der Waals surface area contributed by atoms with E-state index in [1.165, 1.54) is 99.7 Å². The number of rotatable bonds is 4. The summed E-state index contributed by atoms with van der Waals surface area (Å²) in [4.78, 5) is 0. The molecule has 1 heterocycles. The van der Waals surface area contributed by atoms with Crippen LogP contribution in [0.25, 0.3) is 67.0 Å². The first-order valence-corrected chi connectivity index (χ1v) is 18.5. The van der Waals surface area contributed by atoms with E-state index >= 15 is 0 Å². The van der Waals surface area contributed by atoms with Gasteiger partial charge in [0.2, 0.25) is 0 Å². The topological polar surface area (TPSA) is 4.93 Å². The van der Waals surface area contributed by atoms with Crippen molar-refractivity contribution in [3.05, 3.63) is 227 Å². The fraction of sp³-hybridized carbons (Fsp3) is 0.0385. The maximum absolute atomic E-state index is 2.47. The summed E-state index contributed by atoms with van der Waals surface area (Å²) in [6, 6.07) is 69.6. The van der Waals surface area contributed by atoms with Gasteiger partial charge in [0.05, 0.1) is 16.4 Å². The molecule has 0 spiro atoms. The first-order chi connectivity index (χ1) is 26.2. The maximum Gasteiger partial charge on any atom is 0.0713 e. The molecule has 0 N–H and O–H groups in total. The standard InChI is InChI=1S/C52H35N/c1-34-15-14-24-44-39-20-8-9-21-40(39)46(51(34)44)33-53-49-26-13-11-23-43(49)45-31-35(28-30-50(45)53)36-27-29-42-41-22-10-12-25-47(41)52(48(42)32-36,37-16-4-2-5-17-37)38-18-6-3-7-19-38/h2-33H,1H3/b46-33-. The summed E-state index contributed by atoms with van der Waals surface area (Å²) < 4.78 is 2.41. The van der Waals surface area contributed by atoms with Crippen LogP contribution >= 0.6 is 0 Å². The number of aromatic nitrogens is 1. The van der Waals surface area contributed by atoms with Gasteiger partial charge in [-0.15, -0.1) is 0 Å². The molecule has 2 aliphatic carbocycles. The zero-order valence-corrected chi connectivity index (χ0v) is 29.4. The molecule has 8 aromatic carbocycles. The molecule has 11 rings (SSSR count). The molecule has 1 heteroatoms. The molecule has 0 fully saturated rings. The molecule has 0 atom stereocenters. The van der Waals surface area contributed by atoms with Crippen molar-refractivity contribution >= 4 is 33.6 Å². The van der Waals surface area contributed by atoms with Crippen molar-refractivity contribution in [3.8, 4) is 33.4 Å². The summed E-state index contributed by atoms with van der Waals surface area (Å²) in [7, 11) is 0. The van der Waals surface area contributed by atoms with Gasteiger partial charge in [0.1, 0.15) is 0 Å². The Morgan fingerprint density at radius 2 is 1.00 bits per heavy atom. The van der Waals surface area contributed by atoms with Gasteiger partial charge in [-0.25, -0.2) is 0 Å². The number of benzene rings is 8. The fourth-order valence-corrected chi connectivity index (χ4v) is 9.55. The molecule has 0 bridgehead atoms. The van der Waals surface area contributed by atoms with Crippen molar-refractivity contribution in [1.82, 2.24) is 4.57 Å². The second-order valence-electron chi connectivity index (χ2n) is 14.5. The van der Waals surface area contributed by atoms with Crippen LogP contribution in [-0.4, -0.2) is 4.57 Å². The van der Waals surface area contributed by atoms with E-state index in [0.29, 0.717) is 0 Å². The van der Waals surface area contributed by atoms with Crippen molar-refractivity contribution < 1.29 is 0 Å². The van der Waals surface area contributed by atoms with E-state index in [9.17, 15) is 0 Å². The lowest BCUT2D eigenvalue weighted by Gasteiger charge is -2.34. The second-order valence-corrected chi connectivity index (χ2v) is 14.5. The predicted molar refractivity (Wildman–Crippen MR) is 222 cm³/mol. The number of nitrogens with zero attached hydrogens (tertiary/aromatic N) is 1. The first kappa shape index (κ1) is 30.0. The van der Waals surface area contributed by atoms with Gasteiger partial charge in [0.15, 0.2) is 0 Å². The number of hydrogen-bond donors (Lipinski definition) is 0. The highest BCUT2D eigenvalue weighted by Crippen LogP contribution is 2.57. The Bertz CT molecular complexity index is 2900. The van der Waals surface area contributed by atoms with E-state index in [1.54, 1.807) is 0 Å². The predicted octanol–water partition coefficient (Wildman–Crippen LogP) is 13.2. The first-order valence-electron chi connectivity index (χ1n) is 18.5. The van der Waals surface area contributed by atoms with Crippen LogP contribution in [0.4, 0.5) is 0 Å². The van der Waals surface area contributed by atoms with Crippen molar-refractivity contribution in [2.45, 2.75) is 12.3 Å². The average molecular weight is 674 g/mol. The zero-order chi connectivity index (χ0) is 35.1. The monoisotopic (exact) mass is 673 g/mol. The van der Waals surface area contributed by atoms with Crippen LogP contribution in [-0.2, 0) is 5.41 Å². The van der Waals surface area contributed by atoms with Crippen LogP contribution in [0.3, 0.4) is 0 Å². The Morgan fingerprint density at radius 3 is 1.79 bits per heavy atom. The highest BCUT2D eigenvalue weighted by atomic mass is 15.0. The van der Waals surface area contributed by atoms with Gasteiger partial charge in [-0.05, 0) is 104 Å². The Labute approximate surface area is 309 Å². The number of fused-ring (bicyclic) bond motifs is 9. The van der Waals surface area contributed by atoms with E-state index in [1.807, 2.05) is 0 Å². The van der Waals surface area contributed by atoms with E-state index in [0.717, 1.165) is 0 Å². The number of hydrogen-bond acceptors (Lipinski definition) is 0. The smallest absolute Gasteiger partial charge is 0.0713 e. The van der Waals surface area contributed by atoms with Crippen molar-refractivity contribution in [1.29, 1.82) is 0 Å². The van der Waals surface area contributed by atoms with Gasteiger partial charge in [0.25, 0.3) is 0 Å². The Hall–Kier alpha value is -6.70. The Morgan fingerprint density at radius 1 is 0.415 bits per heavy atom. The van der Waals surface area contributed by atoms with E-state index < -0.39 is 5.41 Å². The van der Waals surface area contributed by atoms with Gasteiger partial charge in [0, 0.05) is 22.5 Å². The Balaban J connectivity index is 1.13. The molecule has 0 unspecified atom stereocenters. The van der Waals surface area contributed by atoms with Crippen LogP contribution in [0.5, 0.6) is 0 Å². The summed E-state index contributed by atoms with van der Waals surface area (Å²) in [5, 5.41) is 2.52. The van der Waals surface area contributed by atoms with Gasteiger partial charge < -0.3 is 4.57 Å². The van der Waals surface area contributed by atoms with Crippen LogP contribution in [0.15, 0.2) is 188 Å². The van der Waals surface area contributed by atoms with Crippen LogP contribution in [0, 0.1) is 6.92 Å². The number of para-hydroxylation sites is 1. The molecule has 9 aromatic rings. The van der Waals surface area contributed by atoms with Crippen LogP contribution in [0.2, 0.25) is 0 Å². The minimum atomic E-state index is -0.428. The second kappa shape index (κ2) is 11.4. The molecule has 0 saturated heterocycles. The largest absolute Gasteiger partial charge is 0.315 e. The molecule has 1 aromatic heterocycles. The van der Waals surface area contributed by atoms with Crippen molar-refractivity contribution in [2.24, 2.45) is 0 Å². The molecule has 248 valence electrons. The summed E-state index contributed by atoms with van der Waals surface area (Å²) >= 11 is 0. The van der Waals surface area contributed by atoms with Crippen LogP contribution in [0.1, 0.15) is 38.9 Å². The Kier molecular flexibility index (Phi) is 6.45. The molecule has 0 aliphatic heterocycles. The third-order valence-electron chi connectivity index (χ3n) is 11.8. The summed E-state index contributed by atoms with van der Waals surface area (Å²) in [6.45, 7) is 2.23. The van der Waals surface area contributed by atoms with Gasteiger partial charge in [-0.3, -0.25) is 0 Å². The third kappa shape index (κ3) is 4.19. The molecule has 0 radical (unpaired) electrons. The molecular weight excluding hydrogens is 639 g/mol. The normalized spacial score (nSPS) is 14.3. The summed E-state index contributed by atoms with van der Waals surface area (Å²) in [6.07, 6.45) is 2.38. The average Bonchev–Trinajstić information content (AvgIpc) is 3.83. The molecule has 0 saturated carbocycles. The molecule has 53 heavy (non-hydrogen) atoms. The maximum atomic E-state index is 2.47. The molecular formula is C52H35N. The van der Waals surface area contributed by atoms with Crippen molar-refractivity contribution in [3.63, 3.8) is 0 Å². The quantitative estimate of drug-likeness (QED) is 0.175. The summed E-state index contributed by atoms with van der Waals surface area (Å²) in [5.41, 5.74) is 20.1. The summed E-state index contributed by atoms with van der Waals surface area (Å²) in [5.74, 6) is 0. The zero-order valence-electron chi connectivity index (χ0n) is 29.4. The van der Waals surface area contributed by atoms with E-state index in [4.69, 9.17) is 0 Å². The van der Waals surface area contributed by atoms with Gasteiger partial charge in [-0.1, -0.05) is 164 Å². The highest BCUT2D eigenvalue weighted by molar-refractivity contribution is 6.13.